The van der Waals surface area contributed by atoms with Crippen LogP contribution in [0.2, 0.25) is 0 Å². The number of H-pyrrole nitrogens is 1. The number of carbonyl (C=O) groups is 1. The zero-order valence-electron chi connectivity index (χ0n) is 11.1. The molecule has 2 rings (SSSR count). The first-order chi connectivity index (χ1) is 9.50. The molecule has 7 heteroatoms. The molecule has 0 bridgehead atoms. The monoisotopic (exact) mass is 274 g/mol. The van der Waals surface area contributed by atoms with Gasteiger partial charge in [-0.3, -0.25) is 20.0 Å². The number of benzene rings is 1. The number of aromatic amines is 1. The van der Waals surface area contributed by atoms with E-state index in [1.54, 1.807) is 25.3 Å². The van der Waals surface area contributed by atoms with Crippen molar-refractivity contribution in [2.75, 3.05) is 0 Å². The van der Waals surface area contributed by atoms with Crippen molar-refractivity contribution >= 4 is 11.6 Å². The summed E-state index contributed by atoms with van der Waals surface area (Å²) >= 11 is 0. The molecule has 0 saturated heterocycles. The third-order valence-electron chi connectivity index (χ3n) is 3.04. The minimum Gasteiger partial charge on any atom is -0.348 e. The Balaban J connectivity index is 2.20. The highest BCUT2D eigenvalue weighted by molar-refractivity contribution is 5.98. The van der Waals surface area contributed by atoms with Crippen LogP contribution in [0.25, 0.3) is 0 Å². The van der Waals surface area contributed by atoms with E-state index in [1.165, 1.54) is 6.07 Å². The fourth-order valence-corrected chi connectivity index (χ4v) is 1.91. The van der Waals surface area contributed by atoms with E-state index in [0.29, 0.717) is 5.56 Å². The number of nitrogens with one attached hydrogen (secondary N) is 2. The summed E-state index contributed by atoms with van der Waals surface area (Å²) in [5, 5.41) is 20.3. The SMILES string of the molecule is Cc1cccc(C(=O)NCc2cn[nH]c2C)c1[N+](=O)[O-]. The summed E-state index contributed by atoms with van der Waals surface area (Å²) in [6, 6.07) is 4.68. The molecule has 0 radical (unpaired) electrons. The van der Waals surface area contributed by atoms with Crippen LogP contribution >= 0.6 is 0 Å². The Kier molecular flexibility index (Phi) is 3.79. The Hall–Kier alpha value is -2.70. The largest absolute Gasteiger partial charge is 0.348 e. The maximum atomic E-state index is 12.1. The first kappa shape index (κ1) is 13.7. The smallest absolute Gasteiger partial charge is 0.285 e. The number of hydrogen-bond acceptors (Lipinski definition) is 4. The van der Waals surface area contributed by atoms with Gasteiger partial charge in [0.05, 0.1) is 11.1 Å². The van der Waals surface area contributed by atoms with Crippen molar-refractivity contribution in [2.45, 2.75) is 20.4 Å². The lowest BCUT2D eigenvalue weighted by Crippen LogP contribution is -2.24. The minimum absolute atomic E-state index is 0.0659. The van der Waals surface area contributed by atoms with Gasteiger partial charge in [0.25, 0.3) is 11.6 Å². The number of nitro benzene ring substituents is 1. The third-order valence-corrected chi connectivity index (χ3v) is 3.04. The Morgan fingerprint density at radius 3 is 2.80 bits per heavy atom. The highest BCUT2D eigenvalue weighted by atomic mass is 16.6. The van der Waals surface area contributed by atoms with E-state index in [-0.39, 0.29) is 17.8 Å². The molecule has 104 valence electrons. The third kappa shape index (κ3) is 2.66. The maximum absolute atomic E-state index is 12.1. The van der Waals surface area contributed by atoms with E-state index < -0.39 is 10.8 Å². The summed E-state index contributed by atoms with van der Waals surface area (Å²) in [5.74, 6) is -0.471. The van der Waals surface area contributed by atoms with Gasteiger partial charge in [0.1, 0.15) is 5.56 Å². The van der Waals surface area contributed by atoms with Crippen LogP contribution in [0.4, 0.5) is 5.69 Å². The number of aryl methyl sites for hydroxylation is 2. The first-order valence-electron chi connectivity index (χ1n) is 6.01. The number of amides is 1. The van der Waals surface area contributed by atoms with Crippen molar-refractivity contribution in [3.63, 3.8) is 0 Å². The van der Waals surface area contributed by atoms with E-state index in [0.717, 1.165) is 11.3 Å². The standard InChI is InChI=1S/C13H14N4O3/c1-8-4-3-5-11(12(8)17(19)20)13(18)14-6-10-7-15-16-9(10)2/h3-5,7H,6H2,1-2H3,(H,14,18)(H,15,16). The van der Waals surface area contributed by atoms with Gasteiger partial charge in [0, 0.05) is 23.4 Å². The van der Waals surface area contributed by atoms with Crippen molar-refractivity contribution in [1.82, 2.24) is 15.5 Å². The lowest BCUT2D eigenvalue weighted by Gasteiger charge is -2.06. The Morgan fingerprint density at radius 2 is 2.20 bits per heavy atom. The highest BCUT2D eigenvalue weighted by Crippen LogP contribution is 2.22. The molecule has 0 aliphatic rings. The first-order valence-corrected chi connectivity index (χ1v) is 6.01. The van der Waals surface area contributed by atoms with Gasteiger partial charge in [-0.2, -0.15) is 5.10 Å². The summed E-state index contributed by atoms with van der Waals surface area (Å²) in [5.41, 5.74) is 2.06. The molecule has 0 aliphatic carbocycles. The molecule has 0 aliphatic heterocycles. The van der Waals surface area contributed by atoms with Crippen molar-refractivity contribution in [3.8, 4) is 0 Å². The van der Waals surface area contributed by atoms with Gasteiger partial charge >= 0.3 is 0 Å². The van der Waals surface area contributed by atoms with Crippen LogP contribution in [-0.2, 0) is 6.54 Å². The Bertz CT molecular complexity index is 663. The topological polar surface area (TPSA) is 101 Å². The lowest BCUT2D eigenvalue weighted by molar-refractivity contribution is -0.385. The molecule has 1 aromatic carbocycles. The second-order valence-electron chi connectivity index (χ2n) is 4.43. The van der Waals surface area contributed by atoms with Gasteiger partial charge in [-0.15, -0.1) is 0 Å². The number of carbonyl (C=O) groups excluding carboxylic acids is 1. The van der Waals surface area contributed by atoms with Crippen LogP contribution in [0.1, 0.15) is 27.2 Å². The Labute approximate surface area is 115 Å². The van der Waals surface area contributed by atoms with Gasteiger partial charge < -0.3 is 5.32 Å². The zero-order chi connectivity index (χ0) is 14.7. The molecule has 7 nitrogen and oxygen atoms in total. The molecule has 0 atom stereocenters. The van der Waals surface area contributed by atoms with Crippen LogP contribution in [0.5, 0.6) is 0 Å². The van der Waals surface area contributed by atoms with E-state index >= 15 is 0 Å². The molecule has 20 heavy (non-hydrogen) atoms. The summed E-state index contributed by atoms with van der Waals surface area (Å²) in [4.78, 5) is 22.6. The van der Waals surface area contributed by atoms with Crippen molar-refractivity contribution in [2.24, 2.45) is 0 Å². The van der Waals surface area contributed by atoms with Gasteiger partial charge in [0.2, 0.25) is 0 Å². The van der Waals surface area contributed by atoms with Crippen molar-refractivity contribution < 1.29 is 9.72 Å². The maximum Gasteiger partial charge on any atom is 0.285 e. The predicted octanol–water partition coefficient (Wildman–Crippen LogP) is 1.86. The van der Waals surface area contributed by atoms with Crippen LogP contribution in [0.3, 0.4) is 0 Å². The average Bonchev–Trinajstić information content (AvgIpc) is 2.80. The molecule has 0 fully saturated rings. The van der Waals surface area contributed by atoms with E-state index in [2.05, 4.69) is 15.5 Å². The number of para-hydroxylation sites is 1. The second kappa shape index (κ2) is 5.52. The quantitative estimate of drug-likeness (QED) is 0.656. The Morgan fingerprint density at radius 1 is 1.45 bits per heavy atom. The minimum atomic E-state index is -0.534. The second-order valence-corrected chi connectivity index (χ2v) is 4.43. The van der Waals surface area contributed by atoms with Gasteiger partial charge in [-0.05, 0) is 19.9 Å². The molecule has 0 spiro atoms. The molecule has 1 amide bonds. The number of hydrogen-bond donors (Lipinski definition) is 2. The highest BCUT2D eigenvalue weighted by Gasteiger charge is 2.22. The molecule has 1 aromatic heterocycles. The molecular formula is C13H14N4O3. The zero-order valence-corrected chi connectivity index (χ0v) is 11.1. The predicted molar refractivity (Wildman–Crippen MR) is 72.3 cm³/mol. The number of rotatable bonds is 4. The molecule has 0 saturated carbocycles. The fourth-order valence-electron chi connectivity index (χ4n) is 1.91. The van der Waals surface area contributed by atoms with E-state index in [1.807, 2.05) is 6.92 Å². The summed E-state index contributed by atoms with van der Waals surface area (Å²) in [6.45, 7) is 3.71. The average molecular weight is 274 g/mol. The van der Waals surface area contributed by atoms with E-state index in [9.17, 15) is 14.9 Å². The van der Waals surface area contributed by atoms with Crippen molar-refractivity contribution in [1.29, 1.82) is 0 Å². The van der Waals surface area contributed by atoms with Gasteiger partial charge in [0.15, 0.2) is 0 Å². The molecular weight excluding hydrogens is 260 g/mol. The number of nitrogens with zero attached hydrogens (tertiary/aromatic N) is 2. The van der Waals surface area contributed by atoms with Crippen LogP contribution in [-0.4, -0.2) is 21.0 Å². The molecule has 2 aromatic rings. The van der Waals surface area contributed by atoms with Crippen LogP contribution in [0.15, 0.2) is 24.4 Å². The van der Waals surface area contributed by atoms with Gasteiger partial charge in [-0.25, -0.2) is 0 Å². The molecule has 2 N–H and O–H groups in total. The van der Waals surface area contributed by atoms with Crippen molar-refractivity contribution in [3.05, 3.63) is 56.9 Å². The van der Waals surface area contributed by atoms with E-state index in [4.69, 9.17) is 0 Å². The number of nitro groups is 1. The normalized spacial score (nSPS) is 10.3. The fraction of sp³-hybridized carbons (Fsp3) is 0.231. The van der Waals surface area contributed by atoms with Crippen LogP contribution in [0, 0.1) is 24.0 Å². The summed E-state index contributed by atoms with van der Waals surface area (Å²) in [7, 11) is 0. The van der Waals surface area contributed by atoms with Crippen LogP contribution < -0.4 is 5.32 Å². The molecule has 0 unspecified atom stereocenters. The van der Waals surface area contributed by atoms with Gasteiger partial charge in [-0.1, -0.05) is 12.1 Å². The number of aromatic nitrogens is 2. The summed E-state index contributed by atoms with van der Waals surface area (Å²) < 4.78 is 0. The lowest BCUT2D eigenvalue weighted by atomic mass is 10.1. The molecule has 1 heterocycles. The summed E-state index contributed by atoms with van der Waals surface area (Å²) in [6.07, 6.45) is 1.61.